The van der Waals surface area contributed by atoms with E-state index in [4.69, 9.17) is 9.47 Å². The maximum Gasteiger partial charge on any atom is 0.325 e. The van der Waals surface area contributed by atoms with Gasteiger partial charge in [0.1, 0.15) is 11.8 Å². The van der Waals surface area contributed by atoms with Gasteiger partial charge < -0.3 is 14.6 Å². The van der Waals surface area contributed by atoms with Gasteiger partial charge in [-0.1, -0.05) is 12.1 Å². The normalized spacial score (nSPS) is 20.2. The summed E-state index contributed by atoms with van der Waals surface area (Å²) in [6, 6.07) is 6.37. The molecule has 0 saturated carbocycles. The Morgan fingerprint density at radius 1 is 1.63 bits per heavy atom. The summed E-state index contributed by atoms with van der Waals surface area (Å²) < 4.78 is 10.6. The molecule has 2 unspecified atom stereocenters. The van der Waals surface area contributed by atoms with Crippen LogP contribution in [0, 0.1) is 0 Å². The lowest BCUT2D eigenvalue weighted by molar-refractivity contribution is -0.139. The average Bonchev–Trinajstić information content (AvgIpc) is 2.92. The van der Waals surface area contributed by atoms with Gasteiger partial charge in [0.25, 0.3) is 0 Å². The predicted octanol–water partition coefficient (Wildman–Crippen LogP) is 1.59. The third kappa shape index (κ3) is 3.68. The minimum absolute atomic E-state index is 0.118. The van der Waals surface area contributed by atoms with Crippen molar-refractivity contribution in [1.29, 1.82) is 0 Å². The summed E-state index contributed by atoms with van der Waals surface area (Å²) in [5, 5.41) is 12.4. The second-order valence-electron chi connectivity index (χ2n) is 4.59. The van der Waals surface area contributed by atoms with Crippen molar-refractivity contribution in [3.63, 3.8) is 0 Å². The highest BCUT2D eigenvalue weighted by Crippen LogP contribution is 2.20. The molecule has 2 atom stereocenters. The number of carbonyl (C=O) groups is 1. The van der Waals surface area contributed by atoms with E-state index in [-0.39, 0.29) is 6.10 Å². The Kier molecular flexibility index (Phi) is 4.76. The molecule has 0 amide bonds. The van der Waals surface area contributed by atoms with Crippen LogP contribution < -0.4 is 10.1 Å². The van der Waals surface area contributed by atoms with Gasteiger partial charge in [0.15, 0.2) is 0 Å². The van der Waals surface area contributed by atoms with Gasteiger partial charge in [-0.3, -0.25) is 10.1 Å². The quantitative estimate of drug-likeness (QED) is 0.817. The van der Waals surface area contributed by atoms with E-state index in [1.54, 1.807) is 31.4 Å². The van der Waals surface area contributed by atoms with Crippen molar-refractivity contribution in [3.8, 4) is 5.75 Å². The zero-order valence-electron chi connectivity index (χ0n) is 11.0. The van der Waals surface area contributed by atoms with Crippen molar-refractivity contribution in [2.24, 2.45) is 0 Å². The zero-order chi connectivity index (χ0) is 13.7. The highest BCUT2D eigenvalue weighted by Gasteiger charge is 2.23. The first kappa shape index (κ1) is 13.8. The number of aliphatic carboxylic acids is 1. The molecular formula is C14H19NO4. The second kappa shape index (κ2) is 6.54. The first-order valence-corrected chi connectivity index (χ1v) is 6.42. The van der Waals surface area contributed by atoms with Crippen LogP contribution in [0.2, 0.25) is 0 Å². The van der Waals surface area contributed by atoms with Crippen LogP contribution in [-0.2, 0) is 9.53 Å². The summed E-state index contributed by atoms with van der Waals surface area (Å²) in [6.45, 7) is 1.32. The van der Waals surface area contributed by atoms with E-state index in [9.17, 15) is 9.90 Å². The topological polar surface area (TPSA) is 67.8 Å². The lowest BCUT2D eigenvalue weighted by Crippen LogP contribution is -2.34. The first-order valence-electron chi connectivity index (χ1n) is 6.42. The van der Waals surface area contributed by atoms with E-state index in [0.29, 0.717) is 17.9 Å². The van der Waals surface area contributed by atoms with Gasteiger partial charge in [-0.25, -0.2) is 0 Å². The predicted molar refractivity (Wildman–Crippen MR) is 70.3 cm³/mol. The fourth-order valence-corrected chi connectivity index (χ4v) is 2.22. The molecule has 0 bridgehead atoms. The molecule has 1 aliphatic heterocycles. The number of hydrogen-bond acceptors (Lipinski definition) is 4. The fourth-order valence-electron chi connectivity index (χ4n) is 2.22. The summed E-state index contributed by atoms with van der Waals surface area (Å²) in [7, 11) is 1.56. The van der Waals surface area contributed by atoms with Crippen molar-refractivity contribution >= 4 is 5.97 Å². The Hall–Kier alpha value is -1.59. The fraction of sp³-hybridized carbons (Fsp3) is 0.500. The molecule has 1 heterocycles. The number of carboxylic acid groups (broad SMARTS) is 1. The molecule has 1 saturated heterocycles. The summed E-state index contributed by atoms with van der Waals surface area (Å²) in [5.74, 6) is -0.242. The Balaban J connectivity index is 2.03. The highest BCUT2D eigenvalue weighted by molar-refractivity contribution is 5.75. The van der Waals surface area contributed by atoms with E-state index in [1.807, 2.05) is 0 Å². The summed E-state index contributed by atoms with van der Waals surface area (Å²) in [5.41, 5.74) is 0.685. The molecule has 2 rings (SSSR count). The second-order valence-corrected chi connectivity index (χ2v) is 4.59. The monoisotopic (exact) mass is 265 g/mol. The molecule has 0 spiro atoms. The molecular weight excluding hydrogens is 246 g/mol. The molecule has 1 aromatic rings. The Morgan fingerprint density at radius 2 is 2.47 bits per heavy atom. The van der Waals surface area contributed by atoms with Crippen LogP contribution in [0.15, 0.2) is 24.3 Å². The largest absolute Gasteiger partial charge is 0.497 e. The SMILES string of the molecule is COc1cccc(C(NCC2CCCO2)C(=O)O)c1. The molecule has 5 nitrogen and oxygen atoms in total. The minimum atomic E-state index is -0.897. The molecule has 1 aliphatic rings. The van der Waals surface area contributed by atoms with Crippen LogP contribution >= 0.6 is 0 Å². The van der Waals surface area contributed by atoms with Gasteiger partial charge in [0.05, 0.1) is 13.2 Å². The van der Waals surface area contributed by atoms with E-state index >= 15 is 0 Å². The molecule has 104 valence electrons. The minimum Gasteiger partial charge on any atom is -0.497 e. The number of nitrogens with one attached hydrogen (secondary N) is 1. The summed E-state index contributed by atoms with van der Waals surface area (Å²) in [4.78, 5) is 11.4. The molecule has 0 aliphatic carbocycles. The molecule has 2 N–H and O–H groups in total. The van der Waals surface area contributed by atoms with E-state index in [2.05, 4.69) is 5.32 Å². The van der Waals surface area contributed by atoms with Gasteiger partial charge >= 0.3 is 5.97 Å². The van der Waals surface area contributed by atoms with Crippen molar-refractivity contribution < 1.29 is 19.4 Å². The van der Waals surface area contributed by atoms with Crippen LogP contribution in [0.4, 0.5) is 0 Å². The lowest BCUT2D eigenvalue weighted by Gasteiger charge is -2.18. The van der Waals surface area contributed by atoms with E-state index in [0.717, 1.165) is 19.4 Å². The Morgan fingerprint density at radius 3 is 3.11 bits per heavy atom. The van der Waals surface area contributed by atoms with Crippen LogP contribution in [0.1, 0.15) is 24.4 Å². The average molecular weight is 265 g/mol. The standard InChI is InChI=1S/C14H19NO4/c1-18-11-5-2-4-10(8-11)13(14(16)17)15-9-12-6-3-7-19-12/h2,4-5,8,12-13,15H,3,6-7,9H2,1H3,(H,16,17). The zero-order valence-corrected chi connectivity index (χ0v) is 11.0. The third-order valence-electron chi connectivity index (χ3n) is 3.25. The maximum atomic E-state index is 11.4. The maximum absolute atomic E-state index is 11.4. The van der Waals surface area contributed by atoms with Gasteiger partial charge in [-0.15, -0.1) is 0 Å². The van der Waals surface area contributed by atoms with Gasteiger partial charge in [-0.2, -0.15) is 0 Å². The molecule has 5 heteroatoms. The number of carboxylic acids is 1. The van der Waals surface area contributed by atoms with E-state index < -0.39 is 12.0 Å². The molecule has 1 aromatic carbocycles. The van der Waals surface area contributed by atoms with Crippen molar-refractivity contribution in [2.75, 3.05) is 20.3 Å². The Labute approximate surface area is 112 Å². The van der Waals surface area contributed by atoms with E-state index in [1.165, 1.54) is 0 Å². The molecule has 0 radical (unpaired) electrons. The van der Waals surface area contributed by atoms with Crippen molar-refractivity contribution in [2.45, 2.75) is 25.0 Å². The van der Waals surface area contributed by atoms with Crippen LogP contribution in [0.25, 0.3) is 0 Å². The van der Waals surface area contributed by atoms with Crippen molar-refractivity contribution in [3.05, 3.63) is 29.8 Å². The Bertz CT molecular complexity index is 429. The van der Waals surface area contributed by atoms with Gasteiger partial charge in [0, 0.05) is 13.2 Å². The first-order chi connectivity index (χ1) is 9.20. The van der Waals surface area contributed by atoms with Crippen LogP contribution in [0.5, 0.6) is 5.75 Å². The molecule has 19 heavy (non-hydrogen) atoms. The smallest absolute Gasteiger partial charge is 0.325 e. The van der Waals surface area contributed by atoms with Gasteiger partial charge in [0.2, 0.25) is 0 Å². The number of rotatable bonds is 6. The number of ether oxygens (including phenoxy) is 2. The van der Waals surface area contributed by atoms with Crippen LogP contribution in [-0.4, -0.2) is 37.4 Å². The third-order valence-corrected chi connectivity index (χ3v) is 3.25. The number of methoxy groups -OCH3 is 1. The number of hydrogen-bond donors (Lipinski definition) is 2. The summed E-state index contributed by atoms with van der Waals surface area (Å²) >= 11 is 0. The van der Waals surface area contributed by atoms with Gasteiger partial charge in [-0.05, 0) is 30.5 Å². The molecule has 1 fully saturated rings. The number of benzene rings is 1. The highest BCUT2D eigenvalue weighted by atomic mass is 16.5. The van der Waals surface area contributed by atoms with Crippen LogP contribution in [0.3, 0.4) is 0 Å². The summed E-state index contributed by atoms with van der Waals surface area (Å²) in [6.07, 6.45) is 2.15. The molecule has 0 aromatic heterocycles. The lowest BCUT2D eigenvalue weighted by atomic mass is 10.1. The van der Waals surface area contributed by atoms with Crippen molar-refractivity contribution in [1.82, 2.24) is 5.32 Å².